The fourth-order valence-electron chi connectivity index (χ4n) is 5.69. The van der Waals surface area contributed by atoms with Gasteiger partial charge >= 0.3 is 5.97 Å². The third kappa shape index (κ3) is 3.84. The lowest BCUT2D eigenvalue weighted by Gasteiger charge is -2.36. The van der Waals surface area contributed by atoms with E-state index in [9.17, 15) is 9.59 Å². The number of tetrazole rings is 1. The zero-order valence-electron chi connectivity index (χ0n) is 19.2. The number of nitrogens with one attached hydrogen (secondary N) is 1. The maximum absolute atomic E-state index is 13.4. The van der Waals surface area contributed by atoms with Gasteiger partial charge in [0.15, 0.2) is 5.82 Å². The van der Waals surface area contributed by atoms with E-state index in [1.807, 2.05) is 11.8 Å². The minimum absolute atomic E-state index is 0.0999. The Balaban J connectivity index is 1.17. The molecule has 0 bridgehead atoms. The highest BCUT2D eigenvalue weighted by Gasteiger charge is 2.52. The molecule has 0 radical (unpaired) electrons. The van der Waals surface area contributed by atoms with Crippen LogP contribution >= 0.6 is 0 Å². The molecule has 1 saturated heterocycles. The number of allylic oxidation sites excluding steroid dienone is 3. The SMILES string of the molecule is C=C1/C(=C\C(=C/C)CN[C@H]2CC[C@@]3(CC2)C[C@@H](C)N(C2=CC(=O)OC2)C3=O)Cn2nnnc21. The number of cyclic esters (lactones) is 1. The summed E-state index contributed by atoms with van der Waals surface area (Å²) in [5, 5.41) is 15.4. The summed E-state index contributed by atoms with van der Waals surface area (Å²) in [7, 11) is 0. The van der Waals surface area contributed by atoms with Gasteiger partial charge in [0.25, 0.3) is 0 Å². The fourth-order valence-corrected chi connectivity index (χ4v) is 5.69. The van der Waals surface area contributed by atoms with E-state index in [-0.39, 0.29) is 29.9 Å². The van der Waals surface area contributed by atoms with Crippen molar-refractivity contribution < 1.29 is 14.3 Å². The largest absolute Gasteiger partial charge is 0.456 e. The average molecular weight is 451 g/mol. The number of esters is 1. The monoisotopic (exact) mass is 450 g/mol. The predicted octanol–water partition coefficient (Wildman–Crippen LogP) is 2.15. The molecule has 0 unspecified atom stereocenters. The van der Waals surface area contributed by atoms with Gasteiger partial charge in [-0.3, -0.25) is 4.79 Å². The molecule has 1 amide bonds. The van der Waals surface area contributed by atoms with Gasteiger partial charge < -0.3 is 15.0 Å². The lowest BCUT2D eigenvalue weighted by molar-refractivity contribution is -0.138. The normalized spacial score (nSPS) is 31.0. The highest BCUT2D eigenvalue weighted by molar-refractivity contribution is 5.91. The summed E-state index contributed by atoms with van der Waals surface area (Å²) >= 11 is 0. The Morgan fingerprint density at radius 3 is 2.82 bits per heavy atom. The molecule has 9 nitrogen and oxygen atoms in total. The third-order valence-corrected chi connectivity index (χ3v) is 7.53. The van der Waals surface area contributed by atoms with Crippen molar-refractivity contribution in [3.05, 3.63) is 47.5 Å². The van der Waals surface area contributed by atoms with Crippen molar-refractivity contribution in [2.24, 2.45) is 5.41 Å². The zero-order valence-corrected chi connectivity index (χ0v) is 19.2. The van der Waals surface area contributed by atoms with E-state index in [4.69, 9.17) is 4.74 Å². The molecule has 4 heterocycles. The van der Waals surface area contributed by atoms with Crippen LogP contribution in [0.2, 0.25) is 0 Å². The molecular formula is C24H30N6O3. The van der Waals surface area contributed by atoms with Gasteiger partial charge in [-0.15, -0.1) is 5.10 Å². The van der Waals surface area contributed by atoms with Gasteiger partial charge in [0.2, 0.25) is 5.91 Å². The van der Waals surface area contributed by atoms with Gasteiger partial charge in [0.1, 0.15) is 6.61 Å². The molecule has 1 spiro atoms. The second kappa shape index (κ2) is 8.37. The quantitative estimate of drug-likeness (QED) is 0.686. The Kier molecular flexibility index (Phi) is 5.52. The average Bonchev–Trinajstić information content (AvgIpc) is 3.54. The first-order valence-electron chi connectivity index (χ1n) is 11.7. The molecule has 1 saturated carbocycles. The second-order valence-corrected chi connectivity index (χ2v) is 9.58. The number of likely N-dealkylation sites (tertiary alicyclic amines) is 1. The van der Waals surface area contributed by atoms with Crippen LogP contribution in [0.5, 0.6) is 0 Å². The van der Waals surface area contributed by atoms with Gasteiger partial charge in [-0.1, -0.05) is 18.7 Å². The molecule has 5 rings (SSSR count). The van der Waals surface area contributed by atoms with Crippen molar-refractivity contribution in [1.82, 2.24) is 30.4 Å². The van der Waals surface area contributed by atoms with Gasteiger partial charge in [-0.25, -0.2) is 9.48 Å². The number of carbonyl (C=O) groups excluding carboxylic acids is 2. The van der Waals surface area contributed by atoms with E-state index in [1.165, 1.54) is 11.6 Å². The first kappa shape index (κ1) is 21.8. The Hall–Kier alpha value is -3.07. The fraction of sp³-hybridized carbons (Fsp3) is 0.542. The first-order valence-corrected chi connectivity index (χ1v) is 11.7. The molecule has 3 aliphatic heterocycles. The smallest absolute Gasteiger partial charge is 0.333 e. The summed E-state index contributed by atoms with van der Waals surface area (Å²) in [6, 6.07) is 0.479. The highest BCUT2D eigenvalue weighted by atomic mass is 16.5. The number of amides is 1. The number of nitrogens with zero attached hydrogens (tertiary/aromatic N) is 5. The number of carbonyl (C=O) groups is 2. The Labute approximate surface area is 193 Å². The maximum Gasteiger partial charge on any atom is 0.333 e. The molecule has 174 valence electrons. The molecule has 1 aromatic rings. The Morgan fingerprint density at radius 2 is 2.15 bits per heavy atom. The summed E-state index contributed by atoms with van der Waals surface area (Å²) in [6.45, 7) is 9.86. The molecule has 4 aliphatic rings. The molecule has 2 fully saturated rings. The van der Waals surface area contributed by atoms with Crippen LogP contribution in [-0.2, 0) is 20.9 Å². The number of hydrogen-bond donors (Lipinski definition) is 1. The lowest BCUT2D eigenvalue weighted by atomic mass is 9.70. The van der Waals surface area contributed by atoms with Crippen molar-refractivity contribution in [3.63, 3.8) is 0 Å². The van der Waals surface area contributed by atoms with E-state index in [0.717, 1.165) is 55.6 Å². The summed E-state index contributed by atoms with van der Waals surface area (Å²) < 4.78 is 6.80. The minimum atomic E-state index is -0.354. The van der Waals surface area contributed by atoms with Crippen LogP contribution in [0.3, 0.4) is 0 Å². The standard InChI is InChI=1S/C24H30N6O3/c1-4-17(9-18-13-29-22(16(18)3)26-27-28-29)12-25-19-5-7-24(8-6-19)11-15(2)30(23(24)32)20-10-21(31)33-14-20/h4,9-10,15,19,25H,3,5-8,11-14H2,1-2H3/b17-4+,18-9-/t15-,19-,24+/m1/s1. The third-order valence-electron chi connectivity index (χ3n) is 7.53. The molecule has 1 atom stereocenters. The lowest BCUT2D eigenvalue weighted by Crippen LogP contribution is -2.42. The molecule has 9 heteroatoms. The number of ether oxygens (including phenoxy) is 1. The maximum atomic E-state index is 13.4. The van der Waals surface area contributed by atoms with Gasteiger partial charge in [-0.05, 0) is 67.5 Å². The van der Waals surface area contributed by atoms with Crippen LogP contribution in [0.15, 0.2) is 41.7 Å². The number of fused-ring (bicyclic) bond motifs is 1. The van der Waals surface area contributed by atoms with Crippen LogP contribution < -0.4 is 5.32 Å². The van der Waals surface area contributed by atoms with E-state index < -0.39 is 0 Å². The van der Waals surface area contributed by atoms with Crippen molar-refractivity contribution in [2.75, 3.05) is 13.2 Å². The van der Waals surface area contributed by atoms with Crippen LogP contribution in [0.4, 0.5) is 0 Å². The molecular weight excluding hydrogens is 420 g/mol. The summed E-state index contributed by atoms with van der Waals surface area (Å²) in [5.41, 5.74) is 3.58. The number of rotatable bonds is 5. The zero-order chi connectivity index (χ0) is 23.2. The van der Waals surface area contributed by atoms with Crippen molar-refractivity contribution in [2.45, 2.75) is 64.6 Å². The number of aromatic nitrogens is 4. The summed E-state index contributed by atoms with van der Waals surface area (Å²) in [5.74, 6) is 0.542. The van der Waals surface area contributed by atoms with Crippen LogP contribution in [0, 0.1) is 5.41 Å². The summed E-state index contributed by atoms with van der Waals surface area (Å²) in [6.07, 6.45) is 10.3. The Morgan fingerprint density at radius 1 is 1.36 bits per heavy atom. The first-order chi connectivity index (χ1) is 15.9. The number of hydrogen-bond acceptors (Lipinski definition) is 7. The molecule has 33 heavy (non-hydrogen) atoms. The van der Waals surface area contributed by atoms with E-state index in [1.54, 1.807) is 4.68 Å². The summed E-state index contributed by atoms with van der Waals surface area (Å²) in [4.78, 5) is 26.7. The highest BCUT2D eigenvalue weighted by Crippen LogP contribution is 2.48. The minimum Gasteiger partial charge on any atom is -0.456 e. The van der Waals surface area contributed by atoms with Crippen LogP contribution in [0.1, 0.15) is 51.8 Å². The van der Waals surface area contributed by atoms with E-state index >= 15 is 0 Å². The second-order valence-electron chi connectivity index (χ2n) is 9.58. The molecule has 1 aromatic heterocycles. The van der Waals surface area contributed by atoms with E-state index in [0.29, 0.717) is 18.3 Å². The van der Waals surface area contributed by atoms with Crippen LogP contribution in [-0.4, -0.2) is 62.2 Å². The molecule has 1 aliphatic carbocycles. The van der Waals surface area contributed by atoms with E-state index in [2.05, 4.69) is 46.5 Å². The Bertz CT molecular complexity index is 1090. The van der Waals surface area contributed by atoms with Crippen LogP contribution in [0.25, 0.3) is 5.57 Å². The van der Waals surface area contributed by atoms with Gasteiger partial charge in [0.05, 0.1) is 17.7 Å². The molecule has 0 aromatic carbocycles. The molecule has 1 N–H and O–H groups in total. The van der Waals surface area contributed by atoms with Crippen molar-refractivity contribution in [1.29, 1.82) is 0 Å². The van der Waals surface area contributed by atoms with Gasteiger partial charge in [-0.2, -0.15) is 0 Å². The van der Waals surface area contributed by atoms with Crippen molar-refractivity contribution in [3.8, 4) is 0 Å². The van der Waals surface area contributed by atoms with Gasteiger partial charge in [0, 0.05) is 30.3 Å². The van der Waals surface area contributed by atoms with Crippen molar-refractivity contribution >= 4 is 17.4 Å². The predicted molar refractivity (Wildman–Crippen MR) is 121 cm³/mol. The topological polar surface area (TPSA) is 102 Å².